The van der Waals surface area contributed by atoms with Gasteiger partial charge in [-0.15, -0.1) is 0 Å². The quantitative estimate of drug-likeness (QED) is 0.461. The number of hydrogen-bond donors (Lipinski definition) is 0. The Morgan fingerprint density at radius 3 is 2.54 bits per heavy atom. The molecule has 35 heavy (non-hydrogen) atoms. The Balaban J connectivity index is 1.69. The van der Waals surface area contributed by atoms with Crippen LogP contribution in [0.2, 0.25) is 0 Å². The van der Waals surface area contributed by atoms with Crippen LogP contribution >= 0.6 is 0 Å². The van der Waals surface area contributed by atoms with E-state index in [0.717, 1.165) is 71.8 Å². The first-order chi connectivity index (χ1) is 16.8. The van der Waals surface area contributed by atoms with Gasteiger partial charge in [-0.3, -0.25) is 19.3 Å². The molecule has 6 heteroatoms. The lowest BCUT2D eigenvalue weighted by Gasteiger charge is -2.33. The third kappa shape index (κ3) is 5.11. The lowest BCUT2D eigenvalue weighted by Crippen LogP contribution is -2.31. The van der Waals surface area contributed by atoms with Crippen molar-refractivity contribution in [2.75, 3.05) is 6.54 Å². The van der Waals surface area contributed by atoms with Crippen molar-refractivity contribution in [3.8, 4) is 11.1 Å². The number of aromatic nitrogens is 4. The zero-order valence-corrected chi connectivity index (χ0v) is 21.7. The van der Waals surface area contributed by atoms with Crippen LogP contribution in [0.1, 0.15) is 62.6 Å². The summed E-state index contributed by atoms with van der Waals surface area (Å²) in [5, 5.41) is 0. The normalized spacial score (nSPS) is 14.6. The van der Waals surface area contributed by atoms with Gasteiger partial charge in [0.15, 0.2) is 0 Å². The number of pyridine rings is 2. The zero-order chi connectivity index (χ0) is 25.1. The molecule has 0 fully saturated rings. The van der Waals surface area contributed by atoms with E-state index in [1.165, 1.54) is 17.0 Å². The van der Waals surface area contributed by atoms with Crippen LogP contribution in [0, 0.1) is 6.92 Å². The van der Waals surface area contributed by atoms with Crippen molar-refractivity contribution in [2.24, 2.45) is 7.05 Å². The van der Waals surface area contributed by atoms with Gasteiger partial charge in [0.2, 0.25) is 0 Å². The number of rotatable bonds is 6. The molecule has 1 aliphatic rings. The Morgan fingerprint density at radius 2 is 1.86 bits per heavy atom. The molecule has 0 bridgehead atoms. The summed E-state index contributed by atoms with van der Waals surface area (Å²) in [7, 11) is 1.80. The molecule has 0 aliphatic carbocycles. The molecule has 1 aliphatic heterocycles. The predicted molar refractivity (Wildman–Crippen MR) is 142 cm³/mol. The van der Waals surface area contributed by atoms with Gasteiger partial charge in [-0.25, -0.2) is 4.98 Å². The number of fused-ring (bicyclic) bond motifs is 1. The lowest BCUT2D eigenvalue weighted by atomic mass is 9.98. The molecule has 3 aromatic heterocycles. The lowest BCUT2D eigenvalue weighted by molar-refractivity contribution is 0.324. The van der Waals surface area contributed by atoms with E-state index < -0.39 is 0 Å². The van der Waals surface area contributed by atoms with Crippen molar-refractivity contribution < 1.29 is 0 Å². The van der Waals surface area contributed by atoms with Gasteiger partial charge in [0.05, 0.1) is 0 Å². The van der Waals surface area contributed by atoms with E-state index in [2.05, 4.69) is 48.9 Å². The number of nitrogens with zero attached hydrogens (tertiary/aromatic N) is 5. The van der Waals surface area contributed by atoms with Gasteiger partial charge in [-0.05, 0) is 62.5 Å². The molecule has 0 aromatic carbocycles. The molecule has 3 aromatic rings. The Morgan fingerprint density at radius 1 is 1.09 bits per heavy atom. The molecule has 0 radical (unpaired) electrons. The maximum atomic E-state index is 12.5. The standard InChI is InChI=1S/C29H35N5O/c1-7-9-27(20(4)21(5)29-32-25(8-2)15-28(35)33(29)6)34-13-12-26-24(18-34)14-23(17-31-26)22-11-10-19(3)30-16-22/h9-11,14-17H,7-8,12-13,18H2,1-6H3/b21-20-,27-9-. The first kappa shape index (κ1) is 24.6. The van der Waals surface area contributed by atoms with Crippen LogP contribution in [0.5, 0.6) is 0 Å². The minimum Gasteiger partial charge on any atom is -0.367 e. The molecule has 4 rings (SSSR count). The molecule has 6 nitrogen and oxygen atoms in total. The number of hydrogen-bond acceptors (Lipinski definition) is 5. The van der Waals surface area contributed by atoms with E-state index in [1.807, 2.05) is 32.3 Å². The molecule has 0 amide bonds. The summed E-state index contributed by atoms with van der Waals surface area (Å²) in [5.41, 5.74) is 9.80. The van der Waals surface area contributed by atoms with E-state index in [4.69, 9.17) is 9.97 Å². The fourth-order valence-electron chi connectivity index (χ4n) is 4.60. The van der Waals surface area contributed by atoms with Crippen molar-refractivity contribution in [1.29, 1.82) is 0 Å². The zero-order valence-electron chi connectivity index (χ0n) is 21.7. The Kier molecular flexibility index (Phi) is 7.29. The monoisotopic (exact) mass is 469 g/mol. The van der Waals surface area contributed by atoms with Crippen LogP contribution in [0.15, 0.2) is 58.8 Å². The third-order valence-electron chi connectivity index (χ3n) is 6.85. The molecule has 0 N–H and O–H groups in total. The number of allylic oxidation sites excluding steroid dienone is 3. The minimum atomic E-state index is -0.0175. The largest absolute Gasteiger partial charge is 0.367 e. The molecule has 182 valence electrons. The topological polar surface area (TPSA) is 63.9 Å². The van der Waals surface area contributed by atoms with Gasteiger partial charge >= 0.3 is 0 Å². The van der Waals surface area contributed by atoms with E-state index in [9.17, 15) is 4.79 Å². The summed E-state index contributed by atoms with van der Waals surface area (Å²) in [6.07, 6.45) is 8.73. The second-order valence-corrected chi connectivity index (χ2v) is 9.26. The van der Waals surface area contributed by atoms with E-state index in [1.54, 1.807) is 17.7 Å². The highest BCUT2D eigenvalue weighted by Gasteiger charge is 2.22. The molecule has 0 atom stereocenters. The van der Waals surface area contributed by atoms with Crippen LogP contribution < -0.4 is 5.56 Å². The smallest absolute Gasteiger partial charge is 0.253 e. The first-order valence-corrected chi connectivity index (χ1v) is 12.4. The summed E-state index contributed by atoms with van der Waals surface area (Å²) in [5.74, 6) is 0.738. The maximum Gasteiger partial charge on any atom is 0.253 e. The number of aryl methyl sites for hydroxylation is 2. The fourth-order valence-corrected chi connectivity index (χ4v) is 4.60. The van der Waals surface area contributed by atoms with Gasteiger partial charge < -0.3 is 4.90 Å². The molecule has 0 saturated heterocycles. The van der Waals surface area contributed by atoms with Crippen molar-refractivity contribution in [3.63, 3.8) is 0 Å². The highest BCUT2D eigenvalue weighted by atomic mass is 16.1. The predicted octanol–water partition coefficient (Wildman–Crippen LogP) is 5.25. The Labute approximate surface area is 208 Å². The van der Waals surface area contributed by atoms with Gasteiger partial charge in [-0.2, -0.15) is 0 Å². The van der Waals surface area contributed by atoms with Crippen LogP contribution in [0.4, 0.5) is 0 Å². The average Bonchev–Trinajstić information content (AvgIpc) is 2.87. The molecule has 0 unspecified atom stereocenters. The van der Waals surface area contributed by atoms with Gasteiger partial charge in [0.25, 0.3) is 5.56 Å². The van der Waals surface area contributed by atoms with E-state index in [-0.39, 0.29) is 5.56 Å². The molecular formula is C29H35N5O. The van der Waals surface area contributed by atoms with Crippen LogP contribution in [0.3, 0.4) is 0 Å². The maximum absolute atomic E-state index is 12.5. The van der Waals surface area contributed by atoms with Gasteiger partial charge in [0.1, 0.15) is 5.82 Å². The van der Waals surface area contributed by atoms with Crippen molar-refractivity contribution in [1.82, 2.24) is 24.4 Å². The second kappa shape index (κ2) is 10.4. The molecule has 4 heterocycles. The van der Waals surface area contributed by atoms with Crippen molar-refractivity contribution >= 4 is 5.57 Å². The van der Waals surface area contributed by atoms with Crippen molar-refractivity contribution in [2.45, 2.75) is 60.4 Å². The summed E-state index contributed by atoms with van der Waals surface area (Å²) >= 11 is 0. The van der Waals surface area contributed by atoms with Crippen LogP contribution in [-0.4, -0.2) is 31.0 Å². The van der Waals surface area contributed by atoms with Crippen LogP contribution in [0.25, 0.3) is 16.7 Å². The minimum absolute atomic E-state index is 0.0175. The highest BCUT2D eigenvalue weighted by Crippen LogP contribution is 2.30. The van der Waals surface area contributed by atoms with E-state index >= 15 is 0 Å². The molecule has 0 spiro atoms. The SMILES string of the molecule is CC/C=C(/C(C)=C(/C)c1nc(CC)cc(=O)n1C)N1CCc2ncc(-c3ccc(C)nc3)cc2C1. The van der Waals surface area contributed by atoms with Gasteiger partial charge in [-0.1, -0.05) is 26.0 Å². The Bertz CT molecular complexity index is 1350. The summed E-state index contributed by atoms with van der Waals surface area (Å²) in [6, 6.07) is 8.03. The summed E-state index contributed by atoms with van der Waals surface area (Å²) in [6.45, 7) is 12.1. The first-order valence-electron chi connectivity index (χ1n) is 12.4. The van der Waals surface area contributed by atoms with E-state index in [0.29, 0.717) is 0 Å². The second-order valence-electron chi connectivity index (χ2n) is 9.26. The highest BCUT2D eigenvalue weighted by molar-refractivity contribution is 5.66. The summed E-state index contributed by atoms with van der Waals surface area (Å²) < 4.78 is 1.65. The molecule has 0 saturated carbocycles. The van der Waals surface area contributed by atoms with Crippen LogP contribution in [-0.2, 0) is 26.4 Å². The summed E-state index contributed by atoms with van der Waals surface area (Å²) in [4.78, 5) is 29.0. The van der Waals surface area contributed by atoms with Gasteiger partial charge in [0, 0.05) is 78.9 Å². The Hall–Kier alpha value is -3.54. The average molecular weight is 470 g/mol. The third-order valence-corrected chi connectivity index (χ3v) is 6.85. The van der Waals surface area contributed by atoms with Crippen molar-refractivity contribution in [3.05, 3.63) is 92.8 Å². The molecular weight excluding hydrogens is 434 g/mol. The fraction of sp³-hybridized carbons (Fsp3) is 0.379.